The smallest absolute Gasteiger partial charge is 0.0286 e. The maximum atomic E-state index is 3.83. The van der Waals surface area contributed by atoms with Crippen molar-refractivity contribution in [2.75, 3.05) is 0 Å². The van der Waals surface area contributed by atoms with Gasteiger partial charge in [-0.25, -0.2) is 0 Å². The number of benzene rings is 3. The van der Waals surface area contributed by atoms with E-state index in [1.807, 2.05) is 13.8 Å². The second-order valence-electron chi connectivity index (χ2n) is 6.97. The molecule has 0 aliphatic heterocycles. The van der Waals surface area contributed by atoms with E-state index in [2.05, 4.69) is 107 Å². The van der Waals surface area contributed by atoms with Gasteiger partial charge in [-0.05, 0) is 97.0 Å². The molecule has 0 amide bonds. The summed E-state index contributed by atoms with van der Waals surface area (Å²) in [5.74, 6) is 0. The topological polar surface area (TPSA) is 0 Å². The first-order valence-corrected chi connectivity index (χ1v) is 11.4. The Morgan fingerprint density at radius 2 is 1.36 bits per heavy atom. The second-order valence-corrected chi connectivity index (χ2v) is 8.78. The lowest BCUT2D eigenvalue weighted by Gasteiger charge is -2.21. The molecule has 3 aromatic carbocycles. The van der Waals surface area contributed by atoms with Crippen molar-refractivity contribution in [1.82, 2.24) is 0 Å². The minimum absolute atomic E-state index is 0.934. The zero-order valence-electron chi connectivity index (χ0n) is 17.2. The van der Waals surface area contributed by atoms with Gasteiger partial charge in [-0.15, -0.1) is 0 Å². The highest BCUT2D eigenvalue weighted by atomic mass is 79.9. The standard InChI is InChI=1S/C24H20Br2.C2H6/c1-14-12-18(25)13-17-8-4-5-9-19(17)22(14)23-15(2)16(3)24(26)21-11-7-6-10-20(21)23;1-2/h4-12H,13H2,1-3H3;1-2H3. The van der Waals surface area contributed by atoms with Crippen LogP contribution in [0.5, 0.6) is 0 Å². The van der Waals surface area contributed by atoms with Crippen molar-refractivity contribution in [3.63, 3.8) is 0 Å². The number of allylic oxidation sites excluding steroid dienone is 3. The number of fused-ring (bicyclic) bond motifs is 2. The molecule has 2 heteroatoms. The summed E-state index contributed by atoms with van der Waals surface area (Å²) in [4.78, 5) is 0. The molecule has 144 valence electrons. The van der Waals surface area contributed by atoms with Gasteiger partial charge in [0.15, 0.2) is 0 Å². The Balaban J connectivity index is 0.00000109. The fourth-order valence-electron chi connectivity index (χ4n) is 3.97. The van der Waals surface area contributed by atoms with Crippen LogP contribution in [-0.4, -0.2) is 0 Å². The van der Waals surface area contributed by atoms with Crippen molar-refractivity contribution in [2.24, 2.45) is 0 Å². The number of hydrogen-bond acceptors (Lipinski definition) is 0. The summed E-state index contributed by atoms with van der Waals surface area (Å²) in [6, 6.07) is 17.5. The lowest BCUT2D eigenvalue weighted by Crippen LogP contribution is -2.01. The Hall–Kier alpha value is -1.64. The van der Waals surface area contributed by atoms with E-state index < -0.39 is 0 Å². The maximum Gasteiger partial charge on any atom is 0.0286 e. The van der Waals surface area contributed by atoms with Gasteiger partial charge >= 0.3 is 0 Å². The van der Waals surface area contributed by atoms with Gasteiger partial charge in [0.05, 0.1) is 0 Å². The van der Waals surface area contributed by atoms with Crippen LogP contribution in [0.1, 0.15) is 48.6 Å². The third-order valence-corrected chi connectivity index (χ3v) is 6.89. The van der Waals surface area contributed by atoms with Crippen LogP contribution >= 0.6 is 31.9 Å². The molecule has 28 heavy (non-hydrogen) atoms. The van der Waals surface area contributed by atoms with Crippen molar-refractivity contribution in [3.05, 3.63) is 97.0 Å². The molecule has 0 atom stereocenters. The first kappa shape index (κ1) is 21.1. The molecule has 0 aromatic heterocycles. The Morgan fingerprint density at radius 1 is 0.750 bits per heavy atom. The molecule has 1 aliphatic carbocycles. The zero-order chi connectivity index (χ0) is 20.4. The van der Waals surface area contributed by atoms with Crippen LogP contribution in [0.15, 0.2) is 69.1 Å². The van der Waals surface area contributed by atoms with Gasteiger partial charge in [0, 0.05) is 10.9 Å². The monoisotopic (exact) mass is 496 g/mol. The van der Waals surface area contributed by atoms with E-state index in [9.17, 15) is 0 Å². The molecule has 4 rings (SSSR count). The van der Waals surface area contributed by atoms with Gasteiger partial charge in [0.25, 0.3) is 0 Å². The molecule has 0 fully saturated rings. The van der Waals surface area contributed by atoms with Crippen LogP contribution in [0.2, 0.25) is 0 Å². The molecule has 1 aliphatic rings. The molecule has 0 nitrogen and oxygen atoms in total. The molecule has 0 unspecified atom stereocenters. The van der Waals surface area contributed by atoms with E-state index in [1.165, 1.54) is 58.7 Å². The molecule has 0 heterocycles. The summed E-state index contributed by atoms with van der Waals surface area (Å²) in [5, 5.41) is 2.58. The molecule has 0 saturated carbocycles. The molecule has 0 spiro atoms. The zero-order valence-corrected chi connectivity index (χ0v) is 20.3. The quantitative estimate of drug-likeness (QED) is 0.314. The van der Waals surface area contributed by atoms with Crippen molar-refractivity contribution in [1.29, 1.82) is 0 Å². The minimum atomic E-state index is 0.934. The summed E-state index contributed by atoms with van der Waals surface area (Å²) in [5.41, 5.74) is 9.35. The van der Waals surface area contributed by atoms with Crippen molar-refractivity contribution in [3.8, 4) is 0 Å². The van der Waals surface area contributed by atoms with Crippen LogP contribution in [0.3, 0.4) is 0 Å². The van der Waals surface area contributed by atoms with Gasteiger partial charge in [-0.2, -0.15) is 0 Å². The van der Waals surface area contributed by atoms with Gasteiger partial charge in [0.2, 0.25) is 0 Å². The van der Waals surface area contributed by atoms with E-state index >= 15 is 0 Å². The van der Waals surface area contributed by atoms with Crippen LogP contribution in [0.4, 0.5) is 0 Å². The lowest BCUT2D eigenvalue weighted by atomic mass is 9.84. The van der Waals surface area contributed by atoms with E-state index in [4.69, 9.17) is 0 Å². The fraction of sp³-hybridized carbons (Fsp3) is 0.231. The van der Waals surface area contributed by atoms with Gasteiger partial charge in [-0.1, -0.05) is 78.3 Å². The Labute approximate surface area is 185 Å². The molecule has 3 aromatic rings. The number of halogens is 2. The summed E-state index contributed by atoms with van der Waals surface area (Å²) in [6.07, 6.45) is 3.21. The summed E-state index contributed by atoms with van der Waals surface area (Å²) in [6.45, 7) is 10.7. The average molecular weight is 498 g/mol. The molecule has 0 bridgehead atoms. The molecule has 0 N–H and O–H groups in total. The van der Waals surface area contributed by atoms with E-state index in [0.29, 0.717) is 0 Å². The second kappa shape index (κ2) is 8.80. The number of hydrogen-bond donors (Lipinski definition) is 0. The SMILES string of the molecule is CC.CC1=C(c2c(C)c(C)c(Br)c3ccccc23)c2ccccc2CC(Br)=C1. The summed E-state index contributed by atoms with van der Waals surface area (Å²) in [7, 11) is 0. The first-order valence-electron chi connectivity index (χ1n) is 9.82. The minimum Gasteiger partial charge on any atom is -0.0683 e. The van der Waals surface area contributed by atoms with Crippen LogP contribution in [0.25, 0.3) is 16.3 Å². The highest BCUT2D eigenvalue weighted by molar-refractivity contribution is 9.11. The van der Waals surface area contributed by atoms with Gasteiger partial charge < -0.3 is 0 Å². The maximum absolute atomic E-state index is 3.83. The highest BCUT2D eigenvalue weighted by Gasteiger charge is 2.21. The highest BCUT2D eigenvalue weighted by Crippen LogP contribution is 2.43. The Morgan fingerprint density at radius 3 is 2.07 bits per heavy atom. The van der Waals surface area contributed by atoms with Crippen molar-refractivity contribution >= 4 is 48.2 Å². The van der Waals surface area contributed by atoms with Crippen molar-refractivity contribution in [2.45, 2.75) is 41.0 Å². The molecular weight excluding hydrogens is 472 g/mol. The van der Waals surface area contributed by atoms with E-state index in [0.717, 1.165) is 6.42 Å². The Bertz CT molecular complexity index is 1100. The number of rotatable bonds is 1. The molecule has 0 radical (unpaired) electrons. The van der Waals surface area contributed by atoms with Crippen LogP contribution < -0.4 is 0 Å². The third kappa shape index (κ3) is 3.65. The van der Waals surface area contributed by atoms with Crippen LogP contribution in [0, 0.1) is 13.8 Å². The fourth-order valence-corrected chi connectivity index (χ4v) is 5.26. The molecule has 0 saturated heterocycles. The molecular formula is C26H26Br2. The average Bonchev–Trinajstić information content (AvgIpc) is 2.83. The Kier molecular flexibility index (Phi) is 6.62. The van der Waals surface area contributed by atoms with Gasteiger partial charge in [0.1, 0.15) is 0 Å². The lowest BCUT2D eigenvalue weighted by molar-refractivity contribution is 1.24. The van der Waals surface area contributed by atoms with E-state index in [-0.39, 0.29) is 0 Å². The largest absolute Gasteiger partial charge is 0.0683 e. The summed E-state index contributed by atoms with van der Waals surface area (Å²) >= 11 is 7.59. The predicted molar refractivity (Wildman–Crippen MR) is 131 cm³/mol. The summed E-state index contributed by atoms with van der Waals surface area (Å²) < 4.78 is 2.43. The van der Waals surface area contributed by atoms with E-state index in [1.54, 1.807) is 0 Å². The van der Waals surface area contributed by atoms with Crippen LogP contribution in [-0.2, 0) is 6.42 Å². The normalized spacial score (nSPS) is 13.5. The van der Waals surface area contributed by atoms with Crippen molar-refractivity contribution < 1.29 is 0 Å². The first-order chi connectivity index (χ1) is 13.5. The van der Waals surface area contributed by atoms with Gasteiger partial charge in [-0.3, -0.25) is 0 Å². The third-order valence-electron chi connectivity index (χ3n) is 5.36. The predicted octanol–water partition coefficient (Wildman–Crippen LogP) is 8.90.